The lowest BCUT2D eigenvalue weighted by Gasteiger charge is -2.12. The minimum atomic E-state index is -0.397. The third-order valence-corrected chi connectivity index (χ3v) is 3.76. The zero-order valence-corrected chi connectivity index (χ0v) is 16.1. The number of amides is 1. The summed E-state index contributed by atoms with van der Waals surface area (Å²) in [6.07, 6.45) is 1.53. The Morgan fingerprint density at radius 3 is 2.63 bits per heavy atom. The first-order valence-corrected chi connectivity index (χ1v) is 8.72. The summed E-state index contributed by atoms with van der Waals surface area (Å²) in [5.74, 6) is 0.741. The largest absolute Gasteiger partial charge is 0.493 e. The van der Waals surface area contributed by atoms with Crippen molar-refractivity contribution in [2.24, 2.45) is 0 Å². The molecule has 0 spiro atoms. The molecule has 0 atom stereocenters. The van der Waals surface area contributed by atoms with E-state index in [0.29, 0.717) is 23.7 Å². The topological polar surface area (TPSA) is 71.3 Å². The molecule has 0 bridgehead atoms. The molecule has 27 heavy (non-hydrogen) atoms. The van der Waals surface area contributed by atoms with Gasteiger partial charge in [-0.15, -0.1) is 0 Å². The van der Waals surface area contributed by atoms with Gasteiger partial charge in [0.2, 0.25) is 0 Å². The van der Waals surface area contributed by atoms with E-state index in [-0.39, 0.29) is 11.6 Å². The van der Waals surface area contributed by atoms with Crippen molar-refractivity contribution in [3.63, 3.8) is 0 Å². The van der Waals surface area contributed by atoms with Crippen molar-refractivity contribution in [3.8, 4) is 17.6 Å². The zero-order valence-electron chi connectivity index (χ0n) is 16.1. The zero-order chi connectivity index (χ0) is 19.8. The molecule has 0 radical (unpaired) electrons. The number of carbonyl (C=O) groups excluding carboxylic acids is 1. The lowest BCUT2D eigenvalue weighted by Crippen LogP contribution is -2.30. The van der Waals surface area contributed by atoms with Crippen LogP contribution >= 0.6 is 0 Å². The van der Waals surface area contributed by atoms with Gasteiger partial charge in [0.15, 0.2) is 11.5 Å². The number of nitrogens with one attached hydrogen (secondary N) is 1. The highest BCUT2D eigenvalue weighted by Gasteiger charge is 2.11. The Morgan fingerprint density at radius 2 is 2.00 bits per heavy atom. The van der Waals surface area contributed by atoms with E-state index in [4.69, 9.17) is 9.47 Å². The van der Waals surface area contributed by atoms with Gasteiger partial charge in [-0.3, -0.25) is 4.79 Å². The Kier molecular flexibility index (Phi) is 7.01. The average molecular weight is 364 g/mol. The molecular formula is C22H24N2O3. The van der Waals surface area contributed by atoms with Crippen LogP contribution in [0.4, 0.5) is 0 Å². The van der Waals surface area contributed by atoms with Crippen molar-refractivity contribution in [2.45, 2.75) is 33.4 Å². The van der Waals surface area contributed by atoms with E-state index < -0.39 is 5.91 Å². The molecule has 0 aromatic heterocycles. The van der Waals surface area contributed by atoms with Crippen LogP contribution in [0.5, 0.6) is 11.5 Å². The van der Waals surface area contributed by atoms with E-state index in [0.717, 1.165) is 5.56 Å². The number of methoxy groups -OCH3 is 1. The summed E-state index contributed by atoms with van der Waals surface area (Å²) in [4.78, 5) is 12.0. The highest BCUT2D eigenvalue weighted by atomic mass is 16.5. The minimum absolute atomic E-state index is 0.0406. The second-order valence-corrected chi connectivity index (χ2v) is 6.49. The normalized spacial score (nSPS) is 11.0. The maximum atomic E-state index is 12.0. The molecule has 0 unspecified atom stereocenters. The second-order valence-electron chi connectivity index (χ2n) is 6.49. The molecule has 2 aromatic carbocycles. The molecule has 0 heterocycles. The van der Waals surface area contributed by atoms with Gasteiger partial charge < -0.3 is 14.8 Å². The fourth-order valence-corrected chi connectivity index (χ4v) is 2.51. The number of hydrogen-bond donors (Lipinski definition) is 1. The Hall–Kier alpha value is -3.26. The maximum absolute atomic E-state index is 12.0. The van der Waals surface area contributed by atoms with Crippen LogP contribution in [0.2, 0.25) is 0 Å². The van der Waals surface area contributed by atoms with Crippen LogP contribution in [-0.4, -0.2) is 19.1 Å². The van der Waals surface area contributed by atoms with Crippen LogP contribution in [0, 0.1) is 18.3 Å². The van der Waals surface area contributed by atoms with Crippen molar-refractivity contribution in [1.82, 2.24) is 5.32 Å². The van der Waals surface area contributed by atoms with Gasteiger partial charge >= 0.3 is 0 Å². The molecule has 5 nitrogen and oxygen atoms in total. The molecule has 140 valence electrons. The summed E-state index contributed by atoms with van der Waals surface area (Å²) in [7, 11) is 1.55. The lowest BCUT2D eigenvalue weighted by atomic mass is 10.1. The fourth-order valence-electron chi connectivity index (χ4n) is 2.51. The summed E-state index contributed by atoms with van der Waals surface area (Å²) in [5, 5.41) is 12.0. The highest BCUT2D eigenvalue weighted by Crippen LogP contribution is 2.29. The molecule has 0 aliphatic heterocycles. The van der Waals surface area contributed by atoms with E-state index in [1.54, 1.807) is 25.3 Å². The third-order valence-electron chi connectivity index (χ3n) is 3.76. The van der Waals surface area contributed by atoms with Gasteiger partial charge in [-0.2, -0.15) is 5.26 Å². The fraction of sp³-hybridized carbons (Fsp3) is 0.273. The van der Waals surface area contributed by atoms with Crippen molar-refractivity contribution < 1.29 is 14.3 Å². The van der Waals surface area contributed by atoms with Crippen molar-refractivity contribution in [3.05, 3.63) is 64.7 Å². The molecule has 0 fully saturated rings. The smallest absolute Gasteiger partial charge is 0.262 e. The maximum Gasteiger partial charge on any atom is 0.262 e. The third kappa shape index (κ3) is 5.89. The number of rotatable bonds is 7. The molecule has 1 amide bonds. The number of carbonyl (C=O) groups is 1. The predicted molar refractivity (Wildman–Crippen MR) is 105 cm³/mol. The van der Waals surface area contributed by atoms with Crippen LogP contribution in [0.1, 0.15) is 30.5 Å². The van der Waals surface area contributed by atoms with Crippen LogP contribution in [0.25, 0.3) is 6.08 Å². The number of benzene rings is 2. The molecule has 1 N–H and O–H groups in total. The standard InChI is InChI=1S/C22H24N2O3/c1-15(2)24-22(25)19(13-23)11-17-8-9-20(21(12-17)26-4)27-14-18-7-5-6-16(3)10-18/h5-12,15H,14H2,1-4H3,(H,24,25)/b19-11-. The van der Waals surface area contributed by atoms with Crippen molar-refractivity contribution in [2.75, 3.05) is 7.11 Å². The van der Waals surface area contributed by atoms with E-state index in [2.05, 4.69) is 11.4 Å². The van der Waals surface area contributed by atoms with Crippen LogP contribution in [0.15, 0.2) is 48.0 Å². The van der Waals surface area contributed by atoms with Gasteiger partial charge in [0.25, 0.3) is 5.91 Å². The monoisotopic (exact) mass is 364 g/mol. The summed E-state index contributed by atoms with van der Waals surface area (Å²) in [6.45, 7) is 6.15. The first-order chi connectivity index (χ1) is 12.9. The lowest BCUT2D eigenvalue weighted by molar-refractivity contribution is -0.117. The van der Waals surface area contributed by atoms with Gasteiger partial charge in [0.05, 0.1) is 7.11 Å². The second kappa shape index (κ2) is 9.44. The van der Waals surface area contributed by atoms with Gasteiger partial charge in [0.1, 0.15) is 18.2 Å². The molecule has 2 aromatic rings. The van der Waals surface area contributed by atoms with Gasteiger partial charge in [-0.25, -0.2) is 0 Å². The first-order valence-electron chi connectivity index (χ1n) is 8.72. The molecule has 5 heteroatoms. The van der Waals surface area contributed by atoms with E-state index in [1.807, 2.05) is 45.0 Å². The van der Waals surface area contributed by atoms with Crippen molar-refractivity contribution >= 4 is 12.0 Å². The summed E-state index contributed by atoms with van der Waals surface area (Å²) in [6, 6.07) is 15.3. The molecule has 2 rings (SSSR count). The first kappa shape index (κ1) is 20.1. The van der Waals surface area contributed by atoms with Crippen LogP contribution in [-0.2, 0) is 11.4 Å². The Morgan fingerprint density at radius 1 is 1.22 bits per heavy atom. The SMILES string of the molecule is COc1cc(/C=C(/C#N)C(=O)NC(C)C)ccc1OCc1cccc(C)c1. The number of nitrogens with zero attached hydrogens (tertiary/aromatic N) is 1. The molecule has 0 saturated carbocycles. The molecule has 0 saturated heterocycles. The molecule has 0 aliphatic rings. The van der Waals surface area contributed by atoms with Gasteiger partial charge in [-0.05, 0) is 50.1 Å². The van der Waals surface area contributed by atoms with Crippen LogP contribution < -0.4 is 14.8 Å². The quantitative estimate of drug-likeness (QED) is 0.595. The minimum Gasteiger partial charge on any atom is -0.493 e. The van der Waals surface area contributed by atoms with E-state index >= 15 is 0 Å². The van der Waals surface area contributed by atoms with Gasteiger partial charge in [-0.1, -0.05) is 35.9 Å². The van der Waals surface area contributed by atoms with Gasteiger partial charge in [0, 0.05) is 6.04 Å². The van der Waals surface area contributed by atoms with E-state index in [1.165, 1.54) is 11.6 Å². The summed E-state index contributed by atoms with van der Waals surface area (Å²) >= 11 is 0. The van der Waals surface area contributed by atoms with Crippen LogP contribution in [0.3, 0.4) is 0 Å². The average Bonchev–Trinajstić information content (AvgIpc) is 2.64. The summed E-state index contributed by atoms with van der Waals surface area (Å²) < 4.78 is 11.3. The number of ether oxygens (including phenoxy) is 2. The number of aryl methyl sites for hydroxylation is 1. The molecular weight excluding hydrogens is 340 g/mol. The number of nitriles is 1. The Bertz CT molecular complexity index is 879. The Labute approximate surface area is 160 Å². The molecule has 0 aliphatic carbocycles. The van der Waals surface area contributed by atoms with Crippen molar-refractivity contribution in [1.29, 1.82) is 5.26 Å². The Balaban J connectivity index is 2.18. The number of hydrogen-bond acceptors (Lipinski definition) is 4. The predicted octanol–water partition coefficient (Wildman–Crippen LogP) is 4.01. The highest BCUT2D eigenvalue weighted by molar-refractivity contribution is 6.01. The summed E-state index contributed by atoms with van der Waals surface area (Å²) in [5.41, 5.74) is 2.97. The van der Waals surface area contributed by atoms with E-state index in [9.17, 15) is 10.1 Å².